The number of benzene rings is 1. The van der Waals surface area contributed by atoms with E-state index in [1.807, 2.05) is 0 Å². The maximum absolute atomic E-state index is 13.0. The predicted molar refractivity (Wildman–Crippen MR) is 76.9 cm³/mol. The van der Waals surface area contributed by atoms with Crippen molar-refractivity contribution in [1.82, 2.24) is 0 Å². The van der Waals surface area contributed by atoms with E-state index in [4.69, 9.17) is 5.73 Å². The number of nitrogens with zero attached hydrogens (tertiary/aromatic N) is 1. The first kappa shape index (κ1) is 16.7. The van der Waals surface area contributed by atoms with Gasteiger partial charge in [0.15, 0.2) is 0 Å². The average Bonchev–Trinajstić information content (AvgIpc) is 2.35. The Kier molecular flexibility index (Phi) is 4.66. The van der Waals surface area contributed by atoms with Crippen LogP contribution in [0.4, 0.5) is 18.9 Å². The largest absolute Gasteiger partial charge is 0.417 e. The number of halogens is 3. The quantitative estimate of drug-likeness (QED) is 0.839. The average molecular weight is 306 g/mol. The Hall–Kier alpha value is -1.34. The lowest BCUT2D eigenvalue weighted by molar-refractivity contribution is -0.137. The fourth-order valence-corrected chi connectivity index (χ4v) is 1.82. The molecule has 0 aromatic heterocycles. The van der Waals surface area contributed by atoms with Crippen LogP contribution in [0.1, 0.15) is 25.0 Å². The zero-order valence-corrected chi connectivity index (χ0v) is 12.3. The number of anilines is 1. The number of aliphatic hydroxyl groups is 1. The number of hydrogen-bond donors (Lipinski definition) is 2. The first-order chi connectivity index (χ1) is 9.00. The Labute approximate surface area is 121 Å². The van der Waals surface area contributed by atoms with Crippen molar-refractivity contribution in [3.63, 3.8) is 0 Å². The van der Waals surface area contributed by atoms with Crippen LogP contribution < -0.4 is 10.6 Å². The Morgan fingerprint density at radius 2 is 1.90 bits per heavy atom. The lowest BCUT2D eigenvalue weighted by Gasteiger charge is -2.36. The van der Waals surface area contributed by atoms with Crippen molar-refractivity contribution >= 4 is 22.9 Å². The Morgan fingerprint density at radius 3 is 2.30 bits per heavy atom. The molecule has 1 rings (SSSR count). The van der Waals surface area contributed by atoms with Gasteiger partial charge in [0.2, 0.25) is 0 Å². The van der Waals surface area contributed by atoms with Gasteiger partial charge in [-0.3, -0.25) is 0 Å². The van der Waals surface area contributed by atoms with Crippen molar-refractivity contribution in [3.05, 3.63) is 29.3 Å². The van der Waals surface area contributed by atoms with Crippen molar-refractivity contribution in [2.75, 3.05) is 18.6 Å². The van der Waals surface area contributed by atoms with Crippen LogP contribution in [-0.4, -0.2) is 29.3 Å². The minimum Gasteiger partial charge on any atom is -0.394 e. The zero-order chi connectivity index (χ0) is 15.7. The normalized spacial score (nSPS) is 12.3. The molecule has 0 saturated carbocycles. The summed E-state index contributed by atoms with van der Waals surface area (Å²) < 4.78 is 39.1. The topological polar surface area (TPSA) is 49.5 Å². The molecular weight excluding hydrogens is 289 g/mol. The second-order valence-electron chi connectivity index (χ2n) is 5.12. The van der Waals surface area contributed by atoms with Crippen molar-refractivity contribution < 1.29 is 18.3 Å². The molecule has 7 heteroatoms. The third kappa shape index (κ3) is 3.40. The van der Waals surface area contributed by atoms with Gasteiger partial charge in [0, 0.05) is 18.3 Å². The van der Waals surface area contributed by atoms with Crippen LogP contribution in [-0.2, 0) is 6.18 Å². The van der Waals surface area contributed by atoms with E-state index in [1.165, 1.54) is 12.1 Å². The van der Waals surface area contributed by atoms with Crippen LogP contribution in [0.5, 0.6) is 0 Å². The molecule has 0 unspecified atom stereocenters. The maximum Gasteiger partial charge on any atom is 0.417 e. The molecule has 0 heterocycles. The second kappa shape index (κ2) is 5.57. The van der Waals surface area contributed by atoms with Gasteiger partial charge < -0.3 is 15.7 Å². The summed E-state index contributed by atoms with van der Waals surface area (Å²) in [4.78, 5) is 1.28. The Bertz CT molecular complexity index is 515. The van der Waals surface area contributed by atoms with Gasteiger partial charge in [0.1, 0.15) is 4.99 Å². The lowest BCUT2D eigenvalue weighted by Crippen LogP contribution is -2.44. The van der Waals surface area contributed by atoms with E-state index in [0.29, 0.717) is 5.69 Å². The van der Waals surface area contributed by atoms with E-state index in [9.17, 15) is 18.3 Å². The summed E-state index contributed by atoms with van der Waals surface area (Å²) >= 11 is 4.65. The van der Waals surface area contributed by atoms with Crippen LogP contribution >= 0.6 is 12.2 Å². The predicted octanol–water partition coefficient (Wildman–Crippen LogP) is 2.55. The molecule has 0 bridgehead atoms. The third-order valence-electron chi connectivity index (χ3n) is 3.26. The minimum absolute atomic E-state index is 0.193. The highest BCUT2D eigenvalue weighted by Crippen LogP contribution is 2.35. The third-order valence-corrected chi connectivity index (χ3v) is 3.48. The van der Waals surface area contributed by atoms with E-state index in [0.717, 1.165) is 6.07 Å². The zero-order valence-electron chi connectivity index (χ0n) is 11.5. The van der Waals surface area contributed by atoms with Gasteiger partial charge in [-0.05, 0) is 32.0 Å². The van der Waals surface area contributed by atoms with Gasteiger partial charge in [-0.25, -0.2) is 0 Å². The molecule has 0 aliphatic rings. The molecule has 112 valence electrons. The summed E-state index contributed by atoms with van der Waals surface area (Å²) in [6.07, 6.45) is -4.54. The van der Waals surface area contributed by atoms with Crippen LogP contribution in [0.2, 0.25) is 0 Å². The second-order valence-corrected chi connectivity index (χ2v) is 5.56. The highest BCUT2D eigenvalue weighted by molar-refractivity contribution is 7.80. The standard InChI is InChI=1S/C13H17F3N2OS/c1-12(2,7-19)18(3)8-4-5-9(11(17)20)10(6-8)13(14,15)16/h4-6,19H,7H2,1-3H3,(H2,17,20). The first-order valence-corrected chi connectivity index (χ1v) is 6.27. The molecule has 0 aliphatic carbocycles. The number of nitrogens with two attached hydrogens (primary N) is 1. The van der Waals surface area contributed by atoms with E-state index in [1.54, 1.807) is 25.8 Å². The number of alkyl halides is 3. The number of likely N-dealkylation sites (N-methyl/N-ethyl adjacent to an activating group) is 1. The minimum atomic E-state index is -4.54. The van der Waals surface area contributed by atoms with Crippen LogP contribution in [0.3, 0.4) is 0 Å². The summed E-state index contributed by atoms with van der Waals surface area (Å²) in [6, 6.07) is 3.75. The van der Waals surface area contributed by atoms with Crippen molar-refractivity contribution in [3.8, 4) is 0 Å². The molecule has 0 radical (unpaired) electrons. The molecule has 0 saturated heterocycles. The van der Waals surface area contributed by atoms with Crippen LogP contribution in [0.25, 0.3) is 0 Å². The molecule has 3 nitrogen and oxygen atoms in total. The lowest BCUT2D eigenvalue weighted by atomic mass is 10.0. The molecule has 0 atom stereocenters. The number of rotatable bonds is 4. The molecular formula is C13H17F3N2OS. The van der Waals surface area contributed by atoms with Crippen LogP contribution in [0, 0.1) is 0 Å². The van der Waals surface area contributed by atoms with E-state index < -0.39 is 17.3 Å². The maximum atomic E-state index is 13.0. The fraction of sp³-hybridized carbons (Fsp3) is 0.462. The summed E-state index contributed by atoms with van der Waals surface area (Å²) in [5.41, 5.74) is 3.90. The van der Waals surface area contributed by atoms with Crippen molar-refractivity contribution in [2.45, 2.75) is 25.6 Å². The van der Waals surface area contributed by atoms with Gasteiger partial charge in [-0.15, -0.1) is 0 Å². The monoisotopic (exact) mass is 306 g/mol. The number of aliphatic hydroxyl groups excluding tert-OH is 1. The van der Waals surface area contributed by atoms with Gasteiger partial charge in [0.05, 0.1) is 17.7 Å². The molecule has 0 amide bonds. The SMILES string of the molecule is CN(c1ccc(C(N)=S)c(C(F)(F)F)c1)C(C)(C)CO. The highest BCUT2D eigenvalue weighted by Gasteiger charge is 2.35. The summed E-state index contributed by atoms with van der Waals surface area (Å²) in [6.45, 7) is 3.26. The van der Waals surface area contributed by atoms with Crippen molar-refractivity contribution in [1.29, 1.82) is 0 Å². The number of thiocarbonyl (C=S) groups is 1. The molecule has 3 N–H and O–H groups in total. The smallest absolute Gasteiger partial charge is 0.394 e. The van der Waals surface area contributed by atoms with Gasteiger partial charge in [-0.1, -0.05) is 12.2 Å². The Morgan fingerprint density at radius 1 is 1.35 bits per heavy atom. The fourth-order valence-electron chi connectivity index (χ4n) is 1.65. The summed E-state index contributed by atoms with van der Waals surface area (Å²) in [5, 5.41) is 9.29. The summed E-state index contributed by atoms with van der Waals surface area (Å²) in [5.74, 6) is 0. The Balaban J connectivity index is 3.37. The molecule has 20 heavy (non-hydrogen) atoms. The molecule has 0 aliphatic heterocycles. The molecule has 1 aromatic rings. The molecule has 0 spiro atoms. The first-order valence-electron chi connectivity index (χ1n) is 5.86. The molecule has 0 fully saturated rings. The van der Waals surface area contributed by atoms with Gasteiger partial charge in [0.25, 0.3) is 0 Å². The summed E-state index contributed by atoms with van der Waals surface area (Å²) in [7, 11) is 1.62. The van der Waals surface area contributed by atoms with E-state index in [2.05, 4.69) is 12.2 Å². The van der Waals surface area contributed by atoms with Gasteiger partial charge >= 0.3 is 6.18 Å². The van der Waals surface area contributed by atoms with Crippen LogP contribution in [0.15, 0.2) is 18.2 Å². The van der Waals surface area contributed by atoms with E-state index in [-0.39, 0.29) is 17.2 Å². The molecule has 1 aromatic carbocycles. The van der Waals surface area contributed by atoms with E-state index >= 15 is 0 Å². The number of hydrogen-bond acceptors (Lipinski definition) is 3. The van der Waals surface area contributed by atoms with Gasteiger partial charge in [-0.2, -0.15) is 13.2 Å². The van der Waals surface area contributed by atoms with Crippen molar-refractivity contribution in [2.24, 2.45) is 5.73 Å². The highest BCUT2D eigenvalue weighted by atomic mass is 32.1.